The van der Waals surface area contributed by atoms with E-state index in [4.69, 9.17) is 17.3 Å². The third kappa shape index (κ3) is 2.39. The van der Waals surface area contributed by atoms with E-state index in [9.17, 15) is 0 Å². The minimum absolute atomic E-state index is 0.531. The number of rotatable bonds is 3. The standard InChI is InChI=1S/C12H13BrClN3/c1-17-10(6-7-15)11(14)16-12(17)8-4-2-3-5-9(8)13/h2-5H,6-7,15H2,1H3. The highest BCUT2D eigenvalue weighted by atomic mass is 79.9. The Morgan fingerprint density at radius 3 is 2.76 bits per heavy atom. The van der Waals surface area contributed by atoms with E-state index in [0.29, 0.717) is 11.7 Å². The van der Waals surface area contributed by atoms with Crippen LogP contribution in [0.25, 0.3) is 11.4 Å². The smallest absolute Gasteiger partial charge is 0.151 e. The zero-order valence-electron chi connectivity index (χ0n) is 9.45. The molecule has 1 heterocycles. The number of hydrogen-bond donors (Lipinski definition) is 1. The molecule has 2 rings (SSSR count). The Morgan fingerprint density at radius 2 is 2.12 bits per heavy atom. The minimum atomic E-state index is 0.531. The molecule has 0 saturated carbocycles. The van der Waals surface area contributed by atoms with Crippen LogP contribution in [0.4, 0.5) is 0 Å². The van der Waals surface area contributed by atoms with Crippen LogP contribution in [0.1, 0.15) is 5.69 Å². The van der Waals surface area contributed by atoms with Crippen molar-refractivity contribution in [1.82, 2.24) is 9.55 Å². The molecule has 0 aliphatic carbocycles. The minimum Gasteiger partial charge on any atom is -0.330 e. The first-order valence-electron chi connectivity index (χ1n) is 5.31. The molecule has 0 bridgehead atoms. The quantitative estimate of drug-likeness (QED) is 0.946. The molecule has 1 aromatic heterocycles. The number of imidazole rings is 1. The van der Waals surface area contributed by atoms with Gasteiger partial charge in [-0.3, -0.25) is 0 Å². The monoisotopic (exact) mass is 313 g/mol. The molecule has 90 valence electrons. The zero-order chi connectivity index (χ0) is 12.4. The summed E-state index contributed by atoms with van der Waals surface area (Å²) in [6.07, 6.45) is 0.729. The lowest BCUT2D eigenvalue weighted by Crippen LogP contribution is -2.07. The molecule has 0 radical (unpaired) electrons. The van der Waals surface area contributed by atoms with Crippen LogP contribution >= 0.6 is 27.5 Å². The molecule has 0 amide bonds. The van der Waals surface area contributed by atoms with Crippen molar-refractivity contribution >= 4 is 27.5 Å². The van der Waals surface area contributed by atoms with Gasteiger partial charge in [0.15, 0.2) is 5.15 Å². The zero-order valence-corrected chi connectivity index (χ0v) is 11.8. The Morgan fingerprint density at radius 1 is 1.41 bits per heavy atom. The van der Waals surface area contributed by atoms with Crippen LogP contribution in [0.3, 0.4) is 0 Å². The molecule has 3 nitrogen and oxygen atoms in total. The summed E-state index contributed by atoms with van der Waals surface area (Å²) in [7, 11) is 1.96. The molecule has 0 atom stereocenters. The fourth-order valence-electron chi connectivity index (χ4n) is 1.79. The van der Waals surface area contributed by atoms with Crippen molar-refractivity contribution in [3.63, 3.8) is 0 Å². The first kappa shape index (κ1) is 12.6. The third-order valence-corrected chi connectivity index (χ3v) is 3.65. The van der Waals surface area contributed by atoms with Crippen molar-refractivity contribution in [3.05, 3.63) is 39.6 Å². The average molecular weight is 315 g/mol. The van der Waals surface area contributed by atoms with Gasteiger partial charge in [-0.05, 0) is 12.6 Å². The van der Waals surface area contributed by atoms with Gasteiger partial charge in [-0.15, -0.1) is 0 Å². The van der Waals surface area contributed by atoms with Crippen LogP contribution in [-0.2, 0) is 13.5 Å². The predicted octanol–water partition coefficient (Wildman–Crippen LogP) is 3.00. The van der Waals surface area contributed by atoms with E-state index in [1.54, 1.807) is 0 Å². The summed E-state index contributed by atoms with van der Waals surface area (Å²) in [5.41, 5.74) is 7.57. The largest absolute Gasteiger partial charge is 0.330 e. The second kappa shape index (κ2) is 5.21. The van der Waals surface area contributed by atoms with Gasteiger partial charge < -0.3 is 10.3 Å². The average Bonchev–Trinajstić information content (AvgIpc) is 2.58. The molecule has 0 aliphatic rings. The van der Waals surface area contributed by atoms with Crippen LogP contribution in [-0.4, -0.2) is 16.1 Å². The summed E-state index contributed by atoms with van der Waals surface area (Å²) in [4.78, 5) is 4.40. The number of nitrogens with zero attached hydrogens (tertiary/aromatic N) is 2. The van der Waals surface area contributed by atoms with Crippen molar-refractivity contribution in [2.75, 3.05) is 6.54 Å². The van der Waals surface area contributed by atoms with Crippen LogP contribution in [0.15, 0.2) is 28.7 Å². The number of halogens is 2. The molecule has 17 heavy (non-hydrogen) atoms. The summed E-state index contributed by atoms with van der Waals surface area (Å²) in [6.45, 7) is 0.564. The summed E-state index contributed by atoms with van der Waals surface area (Å²) in [5, 5.41) is 0.531. The Hall–Kier alpha value is -0.840. The highest BCUT2D eigenvalue weighted by Crippen LogP contribution is 2.30. The van der Waals surface area contributed by atoms with Crippen LogP contribution in [0.5, 0.6) is 0 Å². The van der Waals surface area contributed by atoms with Gasteiger partial charge in [-0.1, -0.05) is 45.7 Å². The molecule has 2 N–H and O–H groups in total. The number of aromatic nitrogens is 2. The first-order valence-corrected chi connectivity index (χ1v) is 6.48. The normalized spacial score (nSPS) is 10.8. The maximum Gasteiger partial charge on any atom is 0.151 e. The molecule has 2 aromatic rings. The van der Waals surface area contributed by atoms with Crippen molar-refractivity contribution in [3.8, 4) is 11.4 Å². The summed E-state index contributed by atoms with van der Waals surface area (Å²) < 4.78 is 3.00. The SMILES string of the molecule is Cn1c(-c2ccccc2Br)nc(Cl)c1CCN. The number of hydrogen-bond acceptors (Lipinski definition) is 2. The topological polar surface area (TPSA) is 43.8 Å². The van der Waals surface area contributed by atoms with Crippen molar-refractivity contribution in [1.29, 1.82) is 0 Å². The van der Waals surface area contributed by atoms with Gasteiger partial charge in [0.2, 0.25) is 0 Å². The highest BCUT2D eigenvalue weighted by Gasteiger charge is 2.15. The first-order chi connectivity index (χ1) is 8.15. The molecule has 1 aromatic carbocycles. The van der Waals surface area contributed by atoms with Crippen molar-refractivity contribution in [2.24, 2.45) is 12.8 Å². The molecule has 0 saturated heterocycles. The lowest BCUT2D eigenvalue weighted by Gasteiger charge is -2.06. The Bertz CT molecular complexity index is 537. The fourth-order valence-corrected chi connectivity index (χ4v) is 2.55. The van der Waals surface area contributed by atoms with Gasteiger partial charge in [0, 0.05) is 23.5 Å². The second-order valence-electron chi connectivity index (χ2n) is 3.75. The van der Waals surface area contributed by atoms with Gasteiger partial charge in [-0.2, -0.15) is 0 Å². The summed E-state index contributed by atoms with van der Waals surface area (Å²) in [5.74, 6) is 0.853. The summed E-state index contributed by atoms with van der Waals surface area (Å²) in [6, 6.07) is 7.94. The molecular weight excluding hydrogens is 302 g/mol. The Balaban J connectivity index is 2.54. The van der Waals surface area contributed by atoms with E-state index < -0.39 is 0 Å². The molecule has 0 unspecified atom stereocenters. The predicted molar refractivity (Wildman–Crippen MR) is 74.1 cm³/mol. The van der Waals surface area contributed by atoms with E-state index >= 15 is 0 Å². The van der Waals surface area contributed by atoms with Crippen LogP contribution in [0.2, 0.25) is 5.15 Å². The van der Waals surface area contributed by atoms with Gasteiger partial charge in [0.05, 0.1) is 5.69 Å². The highest BCUT2D eigenvalue weighted by molar-refractivity contribution is 9.10. The lowest BCUT2D eigenvalue weighted by molar-refractivity contribution is 0.811. The summed E-state index contributed by atoms with van der Waals surface area (Å²) >= 11 is 9.65. The molecule has 0 fully saturated rings. The molecule has 0 spiro atoms. The van der Waals surface area contributed by atoms with Crippen molar-refractivity contribution in [2.45, 2.75) is 6.42 Å². The maximum absolute atomic E-state index is 6.13. The van der Waals surface area contributed by atoms with E-state index in [2.05, 4.69) is 20.9 Å². The number of nitrogens with two attached hydrogens (primary N) is 1. The van der Waals surface area contributed by atoms with E-state index in [0.717, 1.165) is 28.0 Å². The van der Waals surface area contributed by atoms with Gasteiger partial charge >= 0.3 is 0 Å². The Labute approximate surface area is 114 Å². The third-order valence-electron chi connectivity index (χ3n) is 2.66. The van der Waals surface area contributed by atoms with Gasteiger partial charge in [0.25, 0.3) is 0 Å². The van der Waals surface area contributed by atoms with Crippen molar-refractivity contribution < 1.29 is 0 Å². The van der Waals surface area contributed by atoms with E-state index in [1.165, 1.54) is 0 Å². The second-order valence-corrected chi connectivity index (χ2v) is 4.96. The van der Waals surface area contributed by atoms with E-state index in [-0.39, 0.29) is 0 Å². The maximum atomic E-state index is 6.13. The lowest BCUT2D eigenvalue weighted by atomic mass is 10.2. The molecule has 5 heteroatoms. The van der Waals surface area contributed by atoms with Crippen LogP contribution < -0.4 is 5.73 Å². The van der Waals surface area contributed by atoms with Gasteiger partial charge in [-0.25, -0.2) is 4.98 Å². The van der Waals surface area contributed by atoms with Crippen LogP contribution in [0, 0.1) is 0 Å². The molecular formula is C12H13BrClN3. The van der Waals surface area contributed by atoms with E-state index in [1.807, 2.05) is 35.9 Å². The fraction of sp³-hybridized carbons (Fsp3) is 0.250. The molecule has 0 aliphatic heterocycles. The van der Waals surface area contributed by atoms with Gasteiger partial charge in [0.1, 0.15) is 5.82 Å². The number of benzene rings is 1. The Kier molecular flexibility index (Phi) is 3.86.